The van der Waals surface area contributed by atoms with E-state index in [0.717, 1.165) is 5.56 Å². The van der Waals surface area contributed by atoms with Crippen LogP contribution >= 0.6 is 0 Å². The van der Waals surface area contributed by atoms with Crippen molar-refractivity contribution in [2.24, 2.45) is 5.73 Å². The van der Waals surface area contributed by atoms with Gasteiger partial charge in [-0.25, -0.2) is 0 Å². The zero-order valence-electron chi connectivity index (χ0n) is 13.8. The van der Waals surface area contributed by atoms with E-state index in [9.17, 15) is 4.79 Å². The van der Waals surface area contributed by atoms with Crippen molar-refractivity contribution >= 4 is 5.91 Å². The van der Waals surface area contributed by atoms with Gasteiger partial charge < -0.3 is 30.0 Å². The predicted molar refractivity (Wildman–Crippen MR) is 84.9 cm³/mol. The molecule has 2 rings (SSSR count). The Kier molecular flexibility index (Phi) is 5.68. The molecule has 0 aromatic heterocycles. The van der Waals surface area contributed by atoms with Crippen LogP contribution in [-0.4, -0.2) is 46.0 Å². The van der Waals surface area contributed by atoms with Crippen molar-refractivity contribution < 1.29 is 23.7 Å². The van der Waals surface area contributed by atoms with E-state index in [4.69, 9.17) is 24.7 Å². The van der Waals surface area contributed by atoms with E-state index in [1.54, 1.807) is 33.5 Å². The van der Waals surface area contributed by atoms with E-state index in [0.29, 0.717) is 49.8 Å². The zero-order chi connectivity index (χ0) is 16.9. The van der Waals surface area contributed by atoms with Gasteiger partial charge in [0.1, 0.15) is 0 Å². The van der Waals surface area contributed by atoms with E-state index in [1.807, 2.05) is 0 Å². The Bertz CT molecular complexity index is 530. The quantitative estimate of drug-likeness (QED) is 0.805. The summed E-state index contributed by atoms with van der Waals surface area (Å²) in [6.45, 7) is 1.34. The molecule has 3 N–H and O–H groups in total. The van der Waals surface area contributed by atoms with E-state index < -0.39 is 5.54 Å². The predicted octanol–water partition coefficient (Wildman–Crippen LogP) is 0.837. The second-order valence-corrected chi connectivity index (χ2v) is 5.48. The Labute approximate surface area is 136 Å². The molecule has 1 aliphatic heterocycles. The molecule has 0 bridgehead atoms. The Morgan fingerprint density at radius 1 is 1.17 bits per heavy atom. The largest absolute Gasteiger partial charge is 0.493 e. The van der Waals surface area contributed by atoms with Crippen LogP contribution in [0.1, 0.15) is 18.4 Å². The zero-order valence-corrected chi connectivity index (χ0v) is 13.8. The number of ether oxygens (including phenoxy) is 4. The third kappa shape index (κ3) is 3.86. The minimum atomic E-state index is -0.862. The third-order valence-electron chi connectivity index (χ3n) is 4.01. The Morgan fingerprint density at radius 3 is 2.22 bits per heavy atom. The van der Waals surface area contributed by atoms with Crippen LogP contribution in [0.4, 0.5) is 0 Å². The van der Waals surface area contributed by atoms with Crippen molar-refractivity contribution in [3.63, 3.8) is 0 Å². The molecular weight excluding hydrogens is 300 g/mol. The maximum absolute atomic E-state index is 12.3. The molecule has 1 aromatic carbocycles. The molecule has 1 heterocycles. The summed E-state index contributed by atoms with van der Waals surface area (Å²) < 4.78 is 21.1. The number of nitrogens with two attached hydrogens (primary N) is 1. The van der Waals surface area contributed by atoms with Gasteiger partial charge >= 0.3 is 0 Å². The minimum Gasteiger partial charge on any atom is -0.493 e. The number of carbonyl (C=O) groups excluding carboxylic acids is 1. The molecule has 1 fully saturated rings. The molecule has 0 radical (unpaired) electrons. The summed E-state index contributed by atoms with van der Waals surface area (Å²) in [7, 11) is 4.65. The highest BCUT2D eigenvalue weighted by molar-refractivity contribution is 5.86. The number of hydrogen-bond donors (Lipinski definition) is 2. The normalized spacial score (nSPS) is 16.5. The molecule has 128 valence electrons. The van der Waals surface area contributed by atoms with Crippen molar-refractivity contribution in [3.05, 3.63) is 17.7 Å². The van der Waals surface area contributed by atoms with Gasteiger partial charge in [-0.05, 0) is 30.5 Å². The van der Waals surface area contributed by atoms with Gasteiger partial charge in [-0.15, -0.1) is 0 Å². The van der Waals surface area contributed by atoms with Gasteiger partial charge in [-0.3, -0.25) is 4.79 Å². The number of methoxy groups -OCH3 is 3. The van der Waals surface area contributed by atoms with E-state index >= 15 is 0 Å². The molecule has 1 saturated heterocycles. The van der Waals surface area contributed by atoms with Crippen molar-refractivity contribution in [1.82, 2.24) is 5.32 Å². The molecule has 1 aliphatic rings. The lowest BCUT2D eigenvalue weighted by molar-refractivity contribution is -0.129. The summed E-state index contributed by atoms with van der Waals surface area (Å²) >= 11 is 0. The highest BCUT2D eigenvalue weighted by atomic mass is 16.5. The van der Waals surface area contributed by atoms with Gasteiger partial charge in [0.05, 0.1) is 26.9 Å². The van der Waals surface area contributed by atoms with E-state index in [1.165, 1.54) is 0 Å². The SMILES string of the molecule is COc1cc(CNC(=O)C2(N)CCOCC2)cc(OC)c1OC. The van der Waals surface area contributed by atoms with Crippen LogP contribution in [0.3, 0.4) is 0 Å². The molecule has 1 aromatic rings. The summed E-state index contributed by atoms with van der Waals surface area (Å²) in [5.41, 5.74) is 6.14. The first-order valence-corrected chi connectivity index (χ1v) is 7.48. The van der Waals surface area contributed by atoms with Gasteiger partial charge in [0.2, 0.25) is 11.7 Å². The van der Waals surface area contributed by atoms with Gasteiger partial charge in [-0.2, -0.15) is 0 Å². The van der Waals surface area contributed by atoms with Crippen LogP contribution < -0.4 is 25.3 Å². The molecule has 0 atom stereocenters. The molecule has 23 heavy (non-hydrogen) atoms. The number of hydrogen-bond acceptors (Lipinski definition) is 6. The summed E-state index contributed by atoms with van der Waals surface area (Å²) in [6.07, 6.45) is 1.04. The molecule has 0 spiro atoms. The lowest BCUT2D eigenvalue weighted by atomic mass is 9.90. The van der Waals surface area contributed by atoms with Crippen LogP contribution in [0.5, 0.6) is 17.2 Å². The number of carbonyl (C=O) groups is 1. The standard InChI is InChI=1S/C16H24N2O5/c1-20-12-8-11(9-13(21-2)14(12)22-3)10-18-15(19)16(17)4-6-23-7-5-16/h8-9H,4-7,10,17H2,1-3H3,(H,18,19). The summed E-state index contributed by atoms with van der Waals surface area (Å²) in [5.74, 6) is 1.44. The van der Waals surface area contributed by atoms with Crippen LogP contribution in [-0.2, 0) is 16.1 Å². The maximum Gasteiger partial charge on any atom is 0.240 e. The second kappa shape index (κ2) is 7.52. The van der Waals surface area contributed by atoms with Gasteiger partial charge in [-0.1, -0.05) is 0 Å². The van der Waals surface area contributed by atoms with Crippen LogP contribution in [0.25, 0.3) is 0 Å². The van der Waals surface area contributed by atoms with Gasteiger partial charge in [0.15, 0.2) is 11.5 Å². The van der Waals surface area contributed by atoms with Gasteiger partial charge in [0, 0.05) is 19.8 Å². The molecular formula is C16H24N2O5. The average Bonchev–Trinajstić information content (AvgIpc) is 2.59. The highest BCUT2D eigenvalue weighted by Gasteiger charge is 2.35. The molecule has 0 unspecified atom stereocenters. The molecule has 0 saturated carbocycles. The van der Waals surface area contributed by atoms with Crippen molar-refractivity contribution in [2.45, 2.75) is 24.9 Å². The molecule has 7 heteroatoms. The first kappa shape index (κ1) is 17.4. The van der Waals surface area contributed by atoms with Crippen LogP contribution in [0, 0.1) is 0 Å². The monoisotopic (exact) mass is 324 g/mol. The topological polar surface area (TPSA) is 92.0 Å². The fourth-order valence-corrected chi connectivity index (χ4v) is 2.56. The van der Waals surface area contributed by atoms with Gasteiger partial charge in [0.25, 0.3) is 0 Å². The fourth-order valence-electron chi connectivity index (χ4n) is 2.56. The number of benzene rings is 1. The Morgan fingerprint density at radius 2 is 1.74 bits per heavy atom. The van der Waals surface area contributed by atoms with E-state index in [2.05, 4.69) is 5.32 Å². The lowest BCUT2D eigenvalue weighted by Crippen LogP contribution is -2.56. The number of amides is 1. The Hall–Kier alpha value is -1.99. The van der Waals surface area contributed by atoms with Crippen molar-refractivity contribution in [2.75, 3.05) is 34.5 Å². The minimum absolute atomic E-state index is 0.172. The third-order valence-corrected chi connectivity index (χ3v) is 4.01. The van der Waals surface area contributed by atoms with Crippen molar-refractivity contribution in [3.8, 4) is 17.2 Å². The maximum atomic E-state index is 12.3. The first-order chi connectivity index (χ1) is 11.0. The first-order valence-electron chi connectivity index (χ1n) is 7.48. The van der Waals surface area contributed by atoms with Crippen LogP contribution in [0.2, 0.25) is 0 Å². The highest BCUT2D eigenvalue weighted by Crippen LogP contribution is 2.38. The summed E-state index contributed by atoms with van der Waals surface area (Å²) in [5, 5.41) is 2.88. The fraction of sp³-hybridized carbons (Fsp3) is 0.562. The molecule has 1 amide bonds. The van der Waals surface area contributed by atoms with Crippen LogP contribution in [0.15, 0.2) is 12.1 Å². The Balaban J connectivity index is 2.09. The second-order valence-electron chi connectivity index (χ2n) is 5.48. The molecule has 0 aliphatic carbocycles. The molecule has 7 nitrogen and oxygen atoms in total. The number of nitrogens with one attached hydrogen (secondary N) is 1. The summed E-state index contributed by atoms with van der Waals surface area (Å²) in [4.78, 5) is 12.3. The van der Waals surface area contributed by atoms with Crippen molar-refractivity contribution in [1.29, 1.82) is 0 Å². The smallest absolute Gasteiger partial charge is 0.240 e. The summed E-state index contributed by atoms with van der Waals surface area (Å²) in [6, 6.07) is 3.60. The van der Waals surface area contributed by atoms with E-state index in [-0.39, 0.29) is 5.91 Å². The lowest BCUT2D eigenvalue weighted by Gasteiger charge is -2.31. The average molecular weight is 324 g/mol. The number of rotatable bonds is 6.